The van der Waals surface area contributed by atoms with Gasteiger partial charge in [-0.15, -0.1) is 0 Å². The summed E-state index contributed by atoms with van der Waals surface area (Å²) in [6.45, 7) is 2.54. The summed E-state index contributed by atoms with van der Waals surface area (Å²) >= 11 is 23.6. The number of halogens is 3. The van der Waals surface area contributed by atoms with Gasteiger partial charge >= 0.3 is 0 Å². The van der Waals surface area contributed by atoms with Gasteiger partial charge in [0.25, 0.3) is 0 Å². The number of thiocarbonyl (C=S) groups is 1. The second-order valence-electron chi connectivity index (χ2n) is 5.72. The summed E-state index contributed by atoms with van der Waals surface area (Å²) in [5.74, 6) is 0.483. The van der Waals surface area contributed by atoms with Gasteiger partial charge in [-0.25, -0.2) is 0 Å². The van der Waals surface area contributed by atoms with Gasteiger partial charge in [0, 0.05) is 11.9 Å². The fourth-order valence-corrected chi connectivity index (χ4v) is 3.03. The molecule has 3 aromatic rings. The van der Waals surface area contributed by atoms with Crippen LogP contribution in [0.15, 0.2) is 48.7 Å². The number of aromatic nitrogens is 2. The molecule has 0 spiro atoms. The van der Waals surface area contributed by atoms with Crippen LogP contribution in [-0.2, 0) is 6.54 Å². The lowest BCUT2D eigenvalue weighted by Crippen LogP contribution is -2.19. The first kappa shape index (κ1) is 19.0. The Labute approximate surface area is 172 Å². The lowest BCUT2D eigenvalue weighted by molar-refractivity contribution is 0.690. The molecule has 0 unspecified atom stereocenters. The molecule has 2 N–H and O–H groups in total. The second kappa shape index (κ2) is 8.27. The van der Waals surface area contributed by atoms with Crippen LogP contribution in [0.3, 0.4) is 0 Å². The SMILES string of the molecule is Cc1ccc(NC(=S)Nc2nn(Cc3ccc(Cl)c(Cl)c3)cc2Cl)cc1. The molecule has 0 aliphatic heterocycles. The van der Waals surface area contributed by atoms with E-state index in [4.69, 9.17) is 47.0 Å². The van der Waals surface area contributed by atoms with Gasteiger partial charge in [0.1, 0.15) is 5.02 Å². The average Bonchev–Trinajstić information content (AvgIpc) is 2.92. The quantitative estimate of drug-likeness (QED) is 0.502. The third kappa shape index (κ3) is 4.89. The first-order valence-electron chi connectivity index (χ1n) is 7.72. The van der Waals surface area contributed by atoms with Crippen LogP contribution in [0.1, 0.15) is 11.1 Å². The molecular formula is C18H15Cl3N4S. The van der Waals surface area contributed by atoms with Crippen molar-refractivity contribution in [2.75, 3.05) is 10.6 Å². The highest BCUT2D eigenvalue weighted by molar-refractivity contribution is 7.80. The number of hydrogen-bond donors (Lipinski definition) is 2. The minimum Gasteiger partial charge on any atom is -0.332 e. The van der Waals surface area contributed by atoms with Gasteiger partial charge in [-0.3, -0.25) is 4.68 Å². The van der Waals surface area contributed by atoms with Gasteiger partial charge in [-0.05, 0) is 49.0 Å². The highest BCUT2D eigenvalue weighted by Gasteiger charge is 2.10. The molecule has 0 fully saturated rings. The van der Waals surface area contributed by atoms with Gasteiger partial charge in [-0.2, -0.15) is 5.10 Å². The Bertz CT molecular complexity index is 938. The van der Waals surface area contributed by atoms with Crippen LogP contribution in [0.5, 0.6) is 0 Å². The molecule has 1 heterocycles. The standard InChI is InChI=1S/C18H15Cl3N4S/c1-11-2-5-13(6-3-11)22-18(26)23-17-16(21)10-25(24-17)9-12-4-7-14(19)15(20)8-12/h2-8,10H,9H2,1H3,(H2,22,23,24,26). The number of rotatable bonds is 4. The molecule has 8 heteroatoms. The Hall–Kier alpha value is -1.79. The third-order valence-electron chi connectivity index (χ3n) is 3.59. The summed E-state index contributed by atoms with van der Waals surface area (Å²) < 4.78 is 1.71. The summed E-state index contributed by atoms with van der Waals surface area (Å²) in [4.78, 5) is 0. The smallest absolute Gasteiger partial charge is 0.176 e. The minimum atomic E-state index is 0.413. The monoisotopic (exact) mass is 424 g/mol. The maximum Gasteiger partial charge on any atom is 0.176 e. The van der Waals surface area contributed by atoms with Gasteiger partial charge in [0.2, 0.25) is 0 Å². The summed E-state index contributed by atoms with van der Waals surface area (Å²) in [5, 5.41) is 12.4. The lowest BCUT2D eigenvalue weighted by atomic mass is 10.2. The molecule has 26 heavy (non-hydrogen) atoms. The maximum atomic E-state index is 6.26. The molecule has 3 rings (SSSR count). The zero-order valence-electron chi connectivity index (χ0n) is 13.8. The van der Waals surface area contributed by atoms with Gasteiger partial charge in [0.15, 0.2) is 10.9 Å². The first-order valence-corrected chi connectivity index (χ1v) is 9.26. The van der Waals surface area contributed by atoms with E-state index in [1.807, 2.05) is 37.3 Å². The van der Waals surface area contributed by atoms with Crippen LogP contribution in [-0.4, -0.2) is 14.9 Å². The Morgan fingerprint density at radius 3 is 2.42 bits per heavy atom. The van der Waals surface area contributed by atoms with Crippen molar-refractivity contribution in [3.63, 3.8) is 0 Å². The van der Waals surface area contributed by atoms with E-state index >= 15 is 0 Å². The van der Waals surface area contributed by atoms with Crippen LogP contribution in [0, 0.1) is 6.92 Å². The van der Waals surface area contributed by atoms with E-state index in [0.717, 1.165) is 11.3 Å². The zero-order valence-corrected chi connectivity index (χ0v) is 16.8. The molecule has 0 bridgehead atoms. The number of anilines is 2. The average molecular weight is 426 g/mol. The van der Waals surface area contributed by atoms with E-state index in [0.29, 0.717) is 32.5 Å². The molecule has 0 atom stereocenters. The molecule has 0 amide bonds. The highest BCUT2D eigenvalue weighted by atomic mass is 35.5. The van der Waals surface area contributed by atoms with Crippen molar-refractivity contribution >= 4 is 63.6 Å². The van der Waals surface area contributed by atoms with Gasteiger partial charge in [-0.1, -0.05) is 58.6 Å². The van der Waals surface area contributed by atoms with Crippen molar-refractivity contribution in [1.29, 1.82) is 0 Å². The first-order chi connectivity index (χ1) is 12.4. The number of nitrogens with one attached hydrogen (secondary N) is 2. The zero-order chi connectivity index (χ0) is 18.7. The van der Waals surface area contributed by atoms with Crippen molar-refractivity contribution in [2.45, 2.75) is 13.5 Å². The number of aryl methyl sites for hydroxylation is 1. The lowest BCUT2D eigenvalue weighted by Gasteiger charge is -2.09. The van der Waals surface area contributed by atoms with Crippen molar-refractivity contribution in [3.8, 4) is 0 Å². The molecule has 4 nitrogen and oxygen atoms in total. The van der Waals surface area contributed by atoms with Crippen molar-refractivity contribution < 1.29 is 0 Å². The highest BCUT2D eigenvalue weighted by Crippen LogP contribution is 2.24. The topological polar surface area (TPSA) is 41.9 Å². The normalized spacial score (nSPS) is 10.6. The molecule has 1 aromatic heterocycles. The minimum absolute atomic E-state index is 0.413. The molecule has 0 radical (unpaired) electrons. The van der Waals surface area contributed by atoms with E-state index in [1.165, 1.54) is 5.56 Å². The van der Waals surface area contributed by atoms with Crippen LogP contribution in [0.25, 0.3) is 0 Å². The molecule has 134 valence electrons. The van der Waals surface area contributed by atoms with Crippen molar-refractivity contribution in [1.82, 2.24) is 9.78 Å². The largest absolute Gasteiger partial charge is 0.332 e. The molecule has 0 saturated heterocycles. The molecule has 0 saturated carbocycles. The molecule has 2 aromatic carbocycles. The second-order valence-corrected chi connectivity index (χ2v) is 7.35. The number of benzene rings is 2. The summed E-state index contributed by atoms with van der Waals surface area (Å²) in [6, 6.07) is 13.4. The van der Waals surface area contributed by atoms with E-state index in [-0.39, 0.29) is 0 Å². The Kier molecular flexibility index (Phi) is 6.04. The molecule has 0 aliphatic rings. The van der Waals surface area contributed by atoms with E-state index in [9.17, 15) is 0 Å². The predicted octanol–water partition coefficient (Wildman–Crippen LogP) is 6.01. The maximum absolute atomic E-state index is 6.26. The van der Waals surface area contributed by atoms with Crippen LogP contribution in [0.4, 0.5) is 11.5 Å². The molecular weight excluding hydrogens is 411 g/mol. The van der Waals surface area contributed by atoms with Gasteiger partial charge in [0.05, 0.1) is 16.6 Å². The van der Waals surface area contributed by atoms with Crippen molar-refractivity contribution in [3.05, 3.63) is 74.9 Å². The Morgan fingerprint density at radius 1 is 1.00 bits per heavy atom. The fraction of sp³-hybridized carbons (Fsp3) is 0.111. The summed E-state index contributed by atoms with van der Waals surface area (Å²) in [5.41, 5.74) is 3.03. The van der Waals surface area contributed by atoms with Gasteiger partial charge < -0.3 is 10.6 Å². The Morgan fingerprint density at radius 2 is 1.73 bits per heavy atom. The van der Waals surface area contributed by atoms with E-state index in [2.05, 4.69) is 15.7 Å². The van der Waals surface area contributed by atoms with Crippen LogP contribution < -0.4 is 10.6 Å². The summed E-state index contributed by atoms with van der Waals surface area (Å²) in [7, 11) is 0. The number of nitrogens with zero attached hydrogens (tertiary/aromatic N) is 2. The van der Waals surface area contributed by atoms with E-state index < -0.39 is 0 Å². The summed E-state index contributed by atoms with van der Waals surface area (Å²) in [6.07, 6.45) is 1.72. The Balaban J connectivity index is 1.66. The van der Waals surface area contributed by atoms with Crippen molar-refractivity contribution in [2.24, 2.45) is 0 Å². The predicted molar refractivity (Wildman–Crippen MR) is 114 cm³/mol. The van der Waals surface area contributed by atoms with E-state index in [1.54, 1.807) is 23.0 Å². The third-order valence-corrected chi connectivity index (χ3v) is 4.81. The van der Waals surface area contributed by atoms with Crippen LogP contribution >= 0.6 is 47.0 Å². The number of hydrogen-bond acceptors (Lipinski definition) is 2. The fourth-order valence-electron chi connectivity index (χ4n) is 2.29. The molecule has 0 aliphatic carbocycles. The van der Waals surface area contributed by atoms with Crippen LogP contribution in [0.2, 0.25) is 15.1 Å².